The lowest BCUT2D eigenvalue weighted by Gasteiger charge is -2.49. The molecule has 0 bridgehead atoms. The monoisotopic (exact) mass is 395 g/mol. The summed E-state index contributed by atoms with van der Waals surface area (Å²) >= 11 is 8.64. The Morgan fingerprint density at radius 2 is 2.15 bits per heavy atom. The van der Waals surface area contributed by atoms with E-state index in [1.54, 1.807) is 13.0 Å². The third-order valence-electron chi connectivity index (χ3n) is 5.42. The van der Waals surface area contributed by atoms with Gasteiger partial charge in [0.1, 0.15) is 10.7 Å². The average Bonchev–Trinajstić information content (AvgIpc) is 2.97. The molecule has 0 spiro atoms. The molecule has 4 unspecified atom stereocenters. The number of fused-ring (bicyclic) bond motifs is 3. The van der Waals surface area contributed by atoms with Crippen molar-refractivity contribution in [1.82, 2.24) is 0 Å². The second-order valence-corrected chi connectivity index (χ2v) is 8.83. The fraction of sp³-hybridized carbons (Fsp3) is 0.471. The summed E-state index contributed by atoms with van der Waals surface area (Å²) in [5.74, 6) is -3.29. The molecular weight excluding hydrogens is 377 g/mol. The van der Waals surface area contributed by atoms with Crippen LogP contribution < -0.4 is 10.6 Å². The molecule has 1 saturated heterocycles. The largest absolute Gasteiger partial charge is 0.480 e. The molecule has 0 amide bonds. The molecule has 26 heavy (non-hydrogen) atoms. The lowest BCUT2D eigenvalue weighted by molar-refractivity contribution is -0.136. The molecule has 1 aromatic carbocycles. The van der Waals surface area contributed by atoms with Crippen LogP contribution in [-0.4, -0.2) is 51.3 Å². The number of carboxylic acid groups (broad SMARTS) is 1. The van der Waals surface area contributed by atoms with Crippen LogP contribution in [0.5, 0.6) is 0 Å². The van der Waals surface area contributed by atoms with Gasteiger partial charge in [-0.15, -0.1) is 25.3 Å². The number of benzene rings is 1. The number of hydrogen-bond donors (Lipinski definition) is 4. The van der Waals surface area contributed by atoms with E-state index in [0.717, 1.165) is 12.5 Å². The topological polar surface area (TPSA) is 96.0 Å². The number of aliphatic imine (C=N–C) groups is 1. The van der Waals surface area contributed by atoms with Gasteiger partial charge in [0.15, 0.2) is 5.78 Å². The number of thiol groups is 2. The average molecular weight is 395 g/mol. The zero-order valence-electron chi connectivity index (χ0n) is 13.9. The standard InChI is InChI=1S/C17H18FN3O3S2/c1-16(25)12-8-5-11(21-3-2-7(19)6-21)10(18)4-9(8)14(22)17(26,15(23)24)13(12)20-16/h4-5,7,12,25-26H,2-3,6,19H2,1H3,(H,23,24). The highest BCUT2D eigenvalue weighted by atomic mass is 32.1. The lowest BCUT2D eigenvalue weighted by atomic mass is 9.67. The summed E-state index contributed by atoms with van der Waals surface area (Å²) in [7, 11) is 0. The van der Waals surface area contributed by atoms with Crippen molar-refractivity contribution in [3.8, 4) is 0 Å². The summed E-state index contributed by atoms with van der Waals surface area (Å²) in [4.78, 5) is 29.8. The van der Waals surface area contributed by atoms with E-state index in [4.69, 9.17) is 5.73 Å². The highest BCUT2D eigenvalue weighted by Crippen LogP contribution is 2.54. The molecule has 1 aromatic rings. The molecule has 0 aromatic heterocycles. The predicted molar refractivity (Wildman–Crippen MR) is 102 cm³/mol. The van der Waals surface area contributed by atoms with Crippen LogP contribution in [0.15, 0.2) is 17.1 Å². The molecule has 9 heteroatoms. The van der Waals surface area contributed by atoms with Gasteiger partial charge in [0.05, 0.1) is 17.3 Å². The Balaban J connectivity index is 1.90. The maximum absolute atomic E-state index is 14.8. The summed E-state index contributed by atoms with van der Waals surface area (Å²) in [6.07, 6.45) is 0.759. The van der Waals surface area contributed by atoms with Crippen molar-refractivity contribution in [3.05, 3.63) is 29.1 Å². The van der Waals surface area contributed by atoms with Crippen molar-refractivity contribution >= 4 is 48.4 Å². The second-order valence-electron chi connectivity index (χ2n) is 7.25. The number of rotatable bonds is 2. The Kier molecular flexibility index (Phi) is 3.74. The SMILES string of the molecule is CC1(S)N=C2C1c1cc(N3CCC(N)C3)c(F)cc1C(=O)C2(S)C(=O)O. The Hall–Kier alpha value is -1.58. The summed E-state index contributed by atoms with van der Waals surface area (Å²) in [6, 6.07) is 2.70. The molecule has 1 fully saturated rings. The molecule has 2 aliphatic heterocycles. The second kappa shape index (κ2) is 5.46. The van der Waals surface area contributed by atoms with Crippen LogP contribution in [0.3, 0.4) is 0 Å². The maximum atomic E-state index is 14.8. The molecule has 0 radical (unpaired) electrons. The number of anilines is 1. The smallest absolute Gasteiger partial charge is 0.333 e. The van der Waals surface area contributed by atoms with Crippen molar-refractivity contribution < 1.29 is 19.1 Å². The summed E-state index contributed by atoms with van der Waals surface area (Å²) in [5, 5.41) is 9.59. The van der Waals surface area contributed by atoms with Crippen molar-refractivity contribution in [3.63, 3.8) is 0 Å². The van der Waals surface area contributed by atoms with E-state index in [0.29, 0.717) is 24.3 Å². The molecule has 0 saturated carbocycles. The van der Waals surface area contributed by atoms with Gasteiger partial charge in [0.25, 0.3) is 0 Å². The zero-order valence-corrected chi connectivity index (χ0v) is 15.7. The molecule has 3 N–H and O–H groups in total. The summed E-state index contributed by atoms with van der Waals surface area (Å²) < 4.78 is 12.7. The molecule has 3 aliphatic rings. The van der Waals surface area contributed by atoms with Gasteiger partial charge in [0, 0.05) is 24.7 Å². The number of Topliss-reactive ketones (excluding diaryl/α,β-unsaturated/α-hetero) is 1. The van der Waals surface area contributed by atoms with Crippen LogP contribution in [-0.2, 0) is 4.79 Å². The fourth-order valence-corrected chi connectivity index (χ4v) is 4.75. The van der Waals surface area contributed by atoms with Crippen molar-refractivity contribution in [1.29, 1.82) is 0 Å². The predicted octanol–water partition coefficient (Wildman–Crippen LogP) is 1.50. The number of aliphatic carboxylic acids is 1. The maximum Gasteiger partial charge on any atom is 0.333 e. The number of hydrogen-bond acceptors (Lipinski definition) is 7. The Morgan fingerprint density at radius 3 is 2.69 bits per heavy atom. The van der Waals surface area contributed by atoms with E-state index in [1.165, 1.54) is 0 Å². The number of halogens is 1. The quantitative estimate of drug-likeness (QED) is 0.450. The zero-order chi connectivity index (χ0) is 19.0. The number of carbonyl (C=O) groups is 2. The first-order valence-corrected chi connectivity index (χ1v) is 9.14. The molecule has 6 nitrogen and oxygen atoms in total. The van der Waals surface area contributed by atoms with E-state index in [1.807, 2.05) is 4.90 Å². The summed E-state index contributed by atoms with van der Waals surface area (Å²) in [5.41, 5.74) is 7.00. The van der Waals surface area contributed by atoms with Crippen molar-refractivity contribution in [2.45, 2.75) is 34.9 Å². The van der Waals surface area contributed by atoms with Gasteiger partial charge in [-0.05, 0) is 31.0 Å². The first-order valence-electron chi connectivity index (χ1n) is 8.24. The molecule has 4 atom stereocenters. The third-order valence-corrected chi connectivity index (χ3v) is 6.40. The fourth-order valence-electron chi connectivity index (χ4n) is 4.08. The highest BCUT2D eigenvalue weighted by molar-refractivity contribution is 7.85. The normalized spacial score (nSPS) is 35.5. The van der Waals surface area contributed by atoms with E-state index in [-0.39, 0.29) is 17.3 Å². The van der Waals surface area contributed by atoms with E-state index in [2.05, 4.69) is 30.2 Å². The van der Waals surface area contributed by atoms with Gasteiger partial charge in [-0.1, -0.05) is 0 Å². The first kappa shape index (κ1) is 17.8. The van der Waals surface area contributed by atoms with Gasteiger partial charge in [-0.2, -0.15) is 0 Å². The van der Waals surface area contributed by atoms with Gasteiger partial charge >= 0.3 is 5.97 Å². The van der Waals surface area contributed by atoms with Gasteiger partial charge in [-0.25, -0.2) is 9.18 Å². The number of nitrogens with two attached hydrogens (primary N) is 1. The summed E-state index contributed by atoms with van der Waals surface area (Å²) in [6.45, 7) is 2.88. The minimum atomic E-state index is -2.09. The highest BCUT2D eigenvalue weighted by Gasteiger charge is 2.63. The third kappa shape index (κ3) is 2.20. The molecule has 2 heterocycles. The lowest BCUT2D eigenvalue weighted by Crippen LogP contribution is -2.62. The van der Waals surface area contributed by atoms with Gasteiger partial charge in [0.2, 0.25) is 4.75 Å². The minimum Gasteiger partial charge on any atom is -0.480 e. The Labute approximate surface area is 160 Å². The van der Waals surface area contributed by atoms with Crippen LogP contribution in [0, 0.1) is 5.82 Å². The van der Waals surface area contributed by atoms with E-state index < -0.39 is 33.1 Å². The van der Waals surface area contributed by atoms with Crippen molar-refractivity contribution in [2.75, 3.05) is 18.0 Å². The van der Waals surface area contributed by atoms with Crippen LogP contribution in [0.1, 0.15) is 35.2 Å². The number of carboxylic acids is 1. The van der Waals surface area contributed by atoms with Crippen molar-refractivity contribution in [2.24, 2.45) is 10.7 Å². The van der Waals surface area contributed by atoms with Gasteiger partial charge < -0.3 is 15.7 Å². The van der Waals surface area contributed by atoms with Crippen LogP contribution in [0.4, 0.5) is 10.1 Å². The Morgan fingerprint density at radius 1 is 1.46 bits per heavy atom. The molecular formula is C17H18FN3O3S2. The number of carbonyl (C=O) groups excluding carboxylic acids is 1. The van der Waals surface area contributed by atoms with Crippen LogP contribution >= 0.6 is 25.3 Å². The number of ketones is 1. The Bertz CT molecular complexity index is 888. The van der Waals surface area contributed by atoms with Gasteiger partial charge in [-0.3, -0.25) is 9.79 Å². The molecule has 138 valence electrons. The van der Waals surface area contributed by atoms with E-state index in [9.17, 15) is 19.1 Å². The first-order chi connectivity index (χ1) is 12.1. The van der Waals surface area contributed by atoms with Crippen LogP contribution in [0.25, 0.3) is 0 Å². The minimum absolute atomic E-state index is 0.0241. The molecule has 1 aliphatic carbocycles. The van der Waals surface area contributed by atoms with Crippen LogP contribution in [0.2, 0.25) is 0 Å². The van der Waals surface area contributed by atoms with E-state index >= 15 is 0 Å². The number of nitrogens with zero attached hydrogens (tertiary/aromatic N) is 2. The molecule has 4 rings (SSSR count).